The van der Waals surface area contributed by atoms with Crippen LogP contribution >= 0.6 is 23.5 Å². The van der Waals surface area contributed by atoms with Crippen LogP contribution in [0.5, 0.6) is 11.5 Å². The van der Waals surface area contributed by atoms with E-state index in [0.29, 0.717) is 0 Å². The van der Waals surface area contributed by atoms with Crippen molar-refractivity contribution in [2.45, 2.75) is 139 Å². The number of hydrogen-bond acceptors (Lipinski definition) is 31. The maximum absolute atomic E-state index is 13.0. The van der Waals surface area contributed by atoms with Crippen molar-refractivity contribution in [2.75, 3.05) is 89.3 Å². The first kappa shape index (κ1) is 91.1. The molecule has 2 aliphatic heterocycles. The summed E-state index contributed by atoms with van der Waals surface area (Å²) in [6.07, 6.45) is -12.0. The molecule has 2 aromatic rings. The Balaban J connectivity index is 0.00000102. The lowest BCUT2D eigenvalue weighted by molar-refractivity contribution is -0.271. The number of nitrogens with one attached hydrogen (secondary N) is 8. The molecular weight excluding hydrogens is 1470 g/mol. The van der Waals surface area contributed by atoms with E-state index in [4.69, 9.17) is 41.4 Å². The van der Waals surface area contributed by atoms with Gasteiger partial charge in [0.2, 0.25) is 59.3 Å². The van der Waals surface area contributed by atoms with Crippen molar-refractivity contribution >= 4 is 130 Å². The second-order valence-electron chi connectivity index (χ2n) is 22.2. The van der Waals surface area contributed by atoms with Crippen LogP contribution in [0.2, 0.25) is 0 Å². The van der Waals surface area contributed by atoms with Crippen LogP contribution in [0.4, 0.5) is 11.4 Å². The van der Waals surface area contributed by atoms with Crippen LogP contribution in [0.15, 0.2) is 48.2 Å². The number of carboxylic acids is 4. The number of methoxy groups -OCH3 is 2. The minimum atomic E-state index is -2.02. The van der Waals surface area contributed by atoms with Crippen molar-refractivity contribution in [1.82, 2.24) is 31.9 Å². The molecule has 0 radical (unpaired) electrons. The molecule has 0 aliphatic carbocycles. The first-order chi connectivity index (χ1) is 51.4. The Labute approximate surface area is 622 Å². The zero-order chi connectivity index (χ0) is 82.5. The van der Waals surface area contributed by atoms with Gasteiger partial charge in [0.25, 0.3) is 19.2 Å². The number of amides is 8. The lowest BCUT2D eigenvalue weighted by Crippen LogP contribution is -2.61. The molecule has 1 saturated heterocycles. The van der Waals surface area contributed by atoms with Crippen molar-refractivity contribution in [3.05, 3.63) is 59.4 Å². The number of ketones is 2. The lowest BCUT2D eigenvalue weighted by Gasteiger charge is -2.38. The number of thioether (sulfide) groups is 2. The van der Waals surface area contributed by atoms with E-state index in [1.54, 1.807) is 23.5 Å². The zero-order valence-electron chi connectivity index (χ0n) is 60.7. The van der Waals surface area contributed by atoms with Crippen LogP contribution in [-0.4, -0.2) is 281 Å². The topological polar surface area (TPSA) is 625 Å². The highest BCUT2D eigenvalue weighted by molar-refractivity contribution is 7.98. The molecule has 2 aliphatic rings. The van der Waals surface area contributed by atoms with Gasteiger partial charge in [-0.2, -0.15) is 23.5 Å². The molecule has 2 aromatic carbocycles. The minimum Gasteiger partial charge on any atom is -0.481 e. The maximum Gasteiger partial charge on any atom is 0.371 e. The first-order valence-corrected chi connectivity index (χ1v) is 35.0. The van der Waals surface area contributed by atoms with E-state index >= 15 is 0 Å². The molecule has 0 bridgehead atoms. The highest BCUT2D eigenvalue weighted by atomic mass is 32.2. The maximum atomic E-state index is 13.0. The van der Waals surface area contributed by atoms with Gasteiger partial charge in [-0.3, -0.25) is 67.1 Å². The first-order valence-electron chi connectivity index (χ1n) is 32.7. The molecule has 4 rings (SSSR count). The standard InChI is InChI=1S/C30H40N4O17.C30H38N4O16.2C2H6S/c1-48-9-8-20(37)31-11-18(34-21(38)6-3-16(36)4-7-23(40)41)28(45)32-12-22(39)33-17-10-15(13-49-14-35)2-5-19(17)50-30-26(44)24(42)25(43)27(51-30)29(46)47;1-47-9-8-23(38)31-12-19(34-24(39)6-3-17(36)4-7-26(41)42)28(44)32-13-25(40)33-18-10-16(14-48-15-35)2-5-21(18)49-30-27(43)20(37)11-22(50-30)29(45)46;2*1-3-2/h2,5,10,14,18,24-27,30,42-44H,3-4,6-9,11-13H2,1H3,(H,31,37)(H,32,45)(H,33,39)(H,34,38)(H,40,41)(H,46,47);2,5,10-11,15,19-20,27,30,37,43H,3-4,6-9,12-14H2,1H3,(H,31,38)(H,32,44)(H,33,40)(H,34,39)(H,41,42)(H,45,46);2*1-2H3/t18?,24-,25-,26+,27-,30+;19?,20-,27+,30+;;/m00../s1/i14D;15D;;. The van der Waals surface area contributed by atoms with E-state index in [-0.39, 0.29) is 85.7 Å². The summed E-state index contributed by atoms with van der Waals surface area (Å²) in [6, 6.07) is 4.58. The van der Waals surface area contributed by atoms with Crippen LogP contribution in [0.3, 0.4) is 0 Å². The fraction of sp³-hybridized carbons (Fsp3) is 0.531. The van der Waals surface area contributed by atoms with Crippen LogP contribution < -0.4 is 52.0 Å². The summed E-state index contributed by atoms with van der Waals surface area (Å²) in [4.78, 5) is 191. The average Bonchev–Trinajstić information content (AvgIpc) is 0.806. The lowest BCUT2D eigenvalue weighted by atomic mass is 9.99. The summed E-state index contributed by atoms with van der Waals surface area (Å²) in [6.45, 7) is -3.11. The zero-order valence-corrected chi connectivity index (χ0v) is 60.3. The van der Waals surface area contributed by atoms with Crippen molar-refractivity contribution in [2.24, 2.45) is 0 Å². The third-order valence-electron chi connectivity index (χ3n) is 13.7. The van der Waals surface area contributed by atoms with Gasteiger partial charge in [-0.1, -0.05) is 12.1 Å². The van der Waals surface area contributed by atoms with Gasteiger partial charge >= 0.3 is 23.9 Å². The van der Waals surface area contributed by atoms with Gasteiger partial charge in [-0.15, -0.1) is 0 Å². The van der Waals surface area contributed by atoms with Crippen molar-refractivity contribution in [1.29, 1.82) is 0 Å². The highest BCUT2D eigenvalue weighted by Gasteiger charge is 2.48. The number of carbonyl (C=O) groups excluding carboxylic acids is 12. The number of ether oxygens (including phenoxy) is 8. The summed E-state index contributed by atoms with van der Waals surface area (Å²) in [5.41, 5.74) is 0.0351. The second kappa shape index (κ2) is 52.8. The van der Waals surface area contributed by atoms with Gasteiger partial charge in [-0.05, 0) is 66.5 Å². The molecule has 8 amide bonds. The smallest absolute Gasteiger partial charge is 0.371 e. The number of rotatable bonds is 42. The number of hydrogen-bond donors (Lipinski definition) is 17. The minimum absolute atomic E-state index is 0.0562. The largest absolute Gasteiger partial charge is 0.481 e. The van der Waals surface area contributed by atoms with Gasteiger partial charge in [0, 0.05) is 78.7 Å². The van der Waals surface area contributed by atoms with Crippen molar-refractivity contribution in [3.63, 3.8) is 0 Å². The molecule has 0 spiro atoms. The Hall–Kier alpha value is -10.1. The van der Waals surface area contributed by atoms with E-state index in [9.17, 15) is 112 Å². The Kier molecular flexibility index (Phi) is 44.9. The number of aliphatic hydroxyl groups is 5. The quantitative estimate of drug-likeness (QED) is 0.0283. The van der Waals surface area contributed by atoms with Gasteiger partial charge in [-0.25, -0.2) is 9.59 Å². The number of benzene rings is 2. The summed E-state index contributed by atoms with van der Waals surface area (Å²) in [5, 5.41) is 106. The number of carbonyl (C=O) groups is 16. The predicted octanol–water partition coefficient (Wildman–Crippen LogP) is -3.81. The van der Waals surface area contributed by atoms with Crippen LogP contribution in [-0.2, 0) is 118 Å². The average molecular weight is 1570 g/mol. The van der Waals surface area contributed by atoms with E-state index in [1.807, 2.05) is 25.0 Å². The Bertz CT molecular complexity index is 3470. The van der Waals surface area contributed by atoms with Crippen LogP contribution in [0.1, 0.15) is 78.1 Å². The van der Waals surface area contributed by atoms with Crippen LogP contribution in [0.25, 0.3) is 0 Å². The molecule has 1 fully saturated rings. The van der Waals surface area contributed by atoms with Crippen molar-refractivity contribution in [3.8, 4) is 11.5 Å². The fourth-order valence-electron chi connectivity index (χ4n) is 8.39. The van der Waals surface area contributed by atoms with Gasteiger partial charge in [0.1, 0.15) is 72.8 Å². The van der Waals surface area contributed by atoms with E-state index in [0.717, 1.165) is 6.08 Å². The number of aliphatic carboxylic acids is 4. The molecule has 2 heterocycles. The predicted molar refractivity (Wildman–Crippen MR) is 370 cm³/mol. The fourth-order valence-corrected chi connectivity index (χ4v) is 8.39. The van der Waals surface area contributed by atoms with Gasteiger partial charge in [0.05, 0.1) is 50.5 Å². The second-order valence-corrected chi connectivity index (χ2v) is 23.9. The van der Waals surface area contributed by atoms with Crippen LogP contribution in [0, 0.1) is 0 Å². The van der Waals surface area contributed by atoms with Crippen molar-refractivity contribution < 1.29 is 163 Å². The molecule has 41 nitrogen and oxygen atoms in total. The molecule has 0 aromatic heterocycles. The third-order valence-corrected chi connectivity index (χ3v) is 13.7. The number of carboxylic acid groups (broad SMARTS) is 4. The van der Waals surface area contributed by atoms with Gasteiger partial charge in [0.15, 0.2) is 14.9 Å². The SMILES string of the molecule is CSC.CSC.[2H]C(=O)OCc1ccc(O[C@@H]2OC(C(=O)O)=C[C@H](O)[C@H]2O)c(NC(=O)CNC(=O)C(CNC(=O)CCOC)NC(=O)CCC(=O)CCC(=O)O)c1.[2H]C(=O)OCc1ccc(O[C@@H]2O[C@H](C(=O)O)[C@@H](O)[C@H](O)[C@H]2O)c(NC(=O)CNC(=O)C(CNC(=O)CCOC)NC(=O)CCC(=O)CCC(=O)O)c1. The monoisotopic (exact) mass is 1560 g/mol. The molecule has 43 heteroatoms. The molecule has 107 heavy (non-hydrogen) atoms. The summed E-state index contributed by atoms with van der Waals surface area (Å²) in [7, 11) is 2.73. The Morgan fingerprint density at radius 2 is 0.916 bits per heavy atom. The Morgan fingerprint density at radius 1 is 0.514 bits per heavy atom. The number of aliphatic hydroxyl groups excluding tert-OH is 5. The molecule has 2 unspecified atom stereocenters. The van der Waals surface area contributed by atoms with Gasteiger partial charge < -0.3 is 126 Å². The normalized spacial score (nSPS) is 18.2. The molecular formula is C64H90N8O33S2. The third kappa shape index (κ3) is 38.6. The molecule has 17 N–H and O–H groups in total. The van der Waals surface area contributed by atoms with E-state index < -0.39 is 228 Å². The number of Topliss-reactive ketones (excluding diaryl/α,β-unsaturated/α-hetero) is 2. The van der Waals surface area contributed by atoms with E-state index in [1.165, 1.54) is 50.6 Å². The summed E-state index contributed by atoms with van der Waals surface area (Å²) in [5.74, 6) is -14.3. The summed E-state index contributed by atoms with van der Waals surface area (Å²) >= 11 is 3.50. The molecule has 596 valence electrons. The molecule has 10 atom stereocenters. The van der Waals surface area contributed by atoms with E-state index in [2.05, 4.69) is 52.0 Å². The highest BCUT2D eigenvalue weighted by Crippen LogP contribution is 2.33. The molecule has 0 saturated carbocycles. The number of anilines is 2. The Morgan fingerprint density at radius 3 is 1.29 bits per heavy atom. The summed E-state index contributed by atoms with van der Waals surface area (Å²) < 4.78 is 54.0.